The Labute approximate surface area is 142 Å². The average Bonchev–Trinajstić information content (AvgIpc) is 2.64. The number of morpholine rings is 1. The minimum atomic E-state index is -0.122. The molecule has 2 amide bonds. The molecule has 1 aliphatic rings. The first-order valence-electron chi connectivity index (χ1n) is 8.27. The maximum absolute atomic E-state index is 11.8. The van der Waals surface area contributed by atoms with E-state index in [1.54, 1.807) is 25.3 Å². The molecular formula is C18H25N3O3. The van der Waals surface area contributed by atoms with Crippen molar-refractivity contribution in [3.8, 4) is 0 Å². The van der Waals surface area contributed by atoms with Crippen LogP contribution in [0.15, 0.2) is 30.3 Å². The Balaban J connectivity index is 1.67. The number of hydrogen-bond acceptors (Lipinski definition) is 4. The van der Waals surface area contributed by atoms with Gasteiger partial charge in [0.25, 0.3) is 5.91 Å². The summed E-state index contributed by atoms with van der Waals surface area (Å²) in [4.78, 5) is 25.6. The molecule has 0 radical (unpaired) electrons. The van der Waals surface area contributed by atoms with Gasteiger partial charge in [-0.2, -0.15) is 0 Å². The van der Waals surface area contributed by atoms with E-state index < -0.39 is 0 Å². The van der Waals surface area contributed by atoms with E-state index in [1.165, 1.54) is 6.08 Å². The maximum Gasteiger partial charge on any atom is 0.251 e. The summed E-state index contributed by atoms with van der Waals surface area (Å²) in [6.07, 6.45) is 4.19. The SMILES string of the molecule is CNC(=O)c1ccc(/C=C/C(=O)NCCCN2CCOCC2)cc1. The van der Waals surface area contributed by atoms with Gasteiger partial charge in [-0.05, 0) is 36.7 Å². The fourth-order valence-electron chi connectivity index (χ4n) is 2.46. The lowest BCUT2D eigenvalue weighted by Crippen LogP contribution is -2.38. The molecule has 0 atom stereocenters. The monoisotopic (exact) mass is 331 g/mol. The Kier molecular flexibility index (Phi) is 7.45. The highest BCUT2D eigenvalue weighted by Gasteiger charge is 2.09. The van der Waals surface area contributed by atoms with E-state index in [0.29, 0.717) is 12.1 Å². The van der Waals surface area contributed by atoms with Gasteiger partial charge in [-0.15, -0.1) is 0 Å². The van der Waals surface area contributed by atoms with E-state index >= 15 is 0 Å². The smallest absolute Gasteiger partial charge is 0.251 e. The van der Waals surface area contributed by atoms with Crippen molar-refractivity contribution in [2.75, 3.05) is 46.4 Å². The van der Waals surface area contributed by atoms with E-state index in [2.05, 4.69) is 15.5 Å². The van der Waals surface area contributed by atoms with Crippen molar-refractivity contribution in [2.45, 2.75) is 6.42 Å². The van der Waals surface area contributed by atoms with Crippen molar-refractivity contribution in [1.82, 2.24) is 15.5 Å². The summed E-state index contributed by atoms with van der Waals surface area (Å²) >= 11 is 0. The summed E-state index contributed by atoms with van der Waals surface area (Å²) in [7, 11) is 1.60. The standard InChI is InChI=1S/C18H25N3O3/c1-19-18(23)16-6-3-15(4-7-16)5-8-17(22)20-9-2-10-21-11-13-24-14-12-21/h3-8H,2,9-14H2,1H3,(H,19,23)(H,20,22)/b8-5+. The number of amides is 2. The zero-order chi connectivity index (χ0) is 17.2. The molecule has 1 aromatic rings. The molecule has 6 nitrogen and oxygen atoms in total. The molecule has 6 heteroatoms. The molecule has 1 fully saturated rings. The van der Waals surface area contributed by atoms with Gasteiger partial charge in [-0.25, -0.2) is 0 Å². The number of ether oxygens (including phenoxy) is 1. The second kappa shape index (κ2) is 9.85. The van der Waals surface area contributed by atoms with Gasteiger partial charge in [-0.1, -0.05) is 12.1 Å². The molecule has 0 bridgehead atoms. The number of benzene rings is 1. The Bertz CT molecular complexity index is 563. The zero-order valence-electron chi connectivity index (χ0n) is 14.1. The number of nitrogens with zero attached hydrogens (tertiary/aromatic N) is 1. The summed E-state index contributed by atoms with van der Waals surface area (Å²) in [5.74, 6) is -0.226. The van der Waals surface area contributed by atoms with Crippen molar-refractivity contribution in [2.24, 2.45) is 0 Å². The van der Waals surface area contributed by atoms with Crippen LogP contribution in [0.5, 0.6) is 0 Å². The van der Waals surface area contributed by atoms with E-state index in [-0.39, 0.29) is 11.8 Å². The Morgan fingerprint density at radius 3 is 2.58 bits per heavy atom. The van der Waals surface area contributed by atoms with Crippen LogP contribution in [0.2, 0.25) is 0 Å². The predicted octanol–water partition coefficient (Wildman–Crippen LogP) is 0.898. The first kappa shape index (κ1) is 18.2. The molecular weight excluding hydrogens is 306 g/mol. The van der Waals surface area contributed by atoms with Gasteiger partial charge in [0.1, 0.15) is 0 Å². The summed E-state index contributed by atoms with van der Waals surface area (Å²) in [6, 6.07) is 7.09. The Hall–Kier alpha value is -2.18. The average molecular weight is 331 g/mol. The highest BCUT2D eigenvalue weighted by Crippen LogP contribution is 2.06. The molecule has 0 saturated carbocycles. The number of hydrogen-bond donors (Lipinski definition) is 2. The van der Waals surface area contributed by atoms with Gasteiger partial charge < -0.3 is 15.4 Å². The summed E-state index contributed by atoms with van der Waals surface area (Å²) < 4.78 is 5.30. The third-order valence-electron chi connectivity index (χ3n) is 3.88. The topological polar surface area (TPSA) is 70.7 Å². The molecule has 1 aromatic carbocycles. The lowest BCUT2D eigenvalue weighted by molar-refractivity contribution is -0.116. The molecule has 1 aliphatic heterocycles. The van der Waals surface area contributed by atoms with Gasteiger partial charge in [0.2, 0.25) is 5.91 Å². The van der Waals surface area contributed by atoms with Crippen LogP contribution in [0.25, 0.3) is 6.08 Å². The molecule has 130 valence electrons. The third-order valence-corrected chi connectivity index (χ3v) is 3.88. The van der Waals surface area contributed by atoms with Crippen LogP contribution >= 0.6 is 0 Å². The van der Waals surface area contributed by atoms with E-state index in [4.69, 9.17) is 4.74 Å². The minimum Gasteiger partial charge on any atom is -0.379 e. The van der Waals surface area contributed by atoms with Crippen LogP contribution in [0, 0.1) is 0 Å². The first-order valence-corrected chi connectivity index (χ1v) is 8.27. The van der Waals surface area contributed by atoms with Crippen molar-refractivity contribution in [1.29, 1.82) is 0 Å². The van der Waals surface area contributed by atoms with Gasteiger partial charge in [0, 0.05) is 38.3 Å². The van der Waals surface area contributed by atoms with Crippen molar-refractivity contribution in [3.63, 3.8) is 0 Å². The fraction of sp³-hybridized carbons (Fsp3) is 0.444. The lowest BCUT2D eigenvalue weighted by atomic mass is 10.1. The number of carbonyl (C=O) groups excluding carboxylic acids is 2. The van der Waals surface area contributed by atoms with E-state index in [0.717, 1.165) is 44.8 Å². The number of nitrogens with one attached hydrogen (secondary N) is 2. The number of carbonyl (C=O) groups is 2. The zero-order valence-corrected chi connectivity index (χ0v) is 14.1. The molecule has 0 spiro atoms. The Morgan fingerprint density at radius 1 is 1.21 bits per heavy atom. The first-order chi connectivity index (χ1) is 11.7. The molecule has 24 heavy (non-hydrogen) atoms. The van der Waals surface area contributed by atoms with Crippen LogP contribution in [0.4, 0.5) is 0 Å². The second-order valence-corrected chi connectivity index (χ2v) is 5.63. The van der Waals surface area contributed by atoms with Crippen LogP contribution < -0.4 is 10.6 Å². The van der Waals surface area contributed by atoms with Crippen LogP contribution in [0.1, 0.15) is 22.3 Å². The van der Waals surface area contributed by atoms with E-state index in [1.807, 2.05) is 12.1 Å². The largest absolute Gasteiger partial charge is 0.379 e. The molecule has 0 aromatic heterocycles. The second-order valence-electron chi connectivity index (χ2n) is 5.63. The number of rotatable bonds is 7. The molecule has 1 saturated heterocycles. The summed E-state index contributed by atoms with van der Waals surface area (Å²) in [5, 5.41) is 5.46. The molecule has 1 heterocycles. The quantitative estimate of drug-likeness (QED) is 0.575. The Morgan fingerprint density at radius 2 is 1.92 bits per heavy atom. The van der Waals surface area contributed by atoms with Crippen molar-refractivity contribution >= 4 is 17.9 Å². The lowest BCUT2D eigenvalue weighted by Gasteiger charge is -2.26. The van der Waals surface area contributed by atoms with Crippen LogP contribution in [-0.4, -0.2) is 63.2 Å². The minimum absolute atomic E-state index is 0.104. The van der Waals surface area contributed by atoms with Crippen LogP contribution in [0.3, 0.4) is 0 Å². The van der Waals surface area contributed by atoms with Crippen LogP contribution in [-0.2, 0) is 9.53 Å². The predicted molar refractivity (Wildman–Crippen MR) is 93.8 cm³/mol. The van der Waals surface area contributed by atoms with Crippen molar-refractivity contribution in [3.05, 3.63) is 41.5 Å². The molecule has 2 rings (SSSR count). The van der Waals surface area contributed by atoms with Gasteiger partial charge in [0.15, 0.2) is 0 Å². The third kappa shape index (κ3) is 6.14. The molecule has 0 unspecified atom stereocenters. The van der Waals surface area contributed by atoms with Gasteiger partial charge in [-0.3, -0.25) is 14.5 Å². The summed E-state index contributed by atoms with van der Waals surface area (Å²) in [6.45, 7) is 5.19. The van der Waals surface area contributed by atoms with E-state index in [9.17, 15) is 9.59 Å². The fourth-order valence-corrected chi connectivity index (χ4v) is 2.46. The van der Waals surface area contributed by atoms with Gasteiger partial charge >= 0.3 is 0 Å². The molecule has 2 N–H and O–H groups in total. The summed E-state index contributed by atoms with van der Waals surface area (Å²) in [5.41, 5.74) is 1.48. The normalized spacial score (nSPS) is 15.4. The van der Waals surface area contributed by atoms with Gasteiger partial charge in [0.05, 0.1) is 13.2 Å². The maximum atomic E-state index is 11.8. The van der Waals surface area contributed by atoms with Crippen molar-refractivity contribution < 1.29 is 14.3 Å². The highest BCUT2D eigenvalue weighted by atomic mass is 16.5. The highest BCUT2D eigenvalue weighted by molar-refractivity contribution is 5.94. The molecule has 0 aliphatic carbocycles.